The first kappa shape index (κ1) is 14.0. The zero-order chi connectivity index (χ0) is 13.5. The maximum Gasteiger partial charge on any atom is 0.312 e. The van der Waals surface area contributed by atoms with Crippen molar-refractivity contribution in [3.63, 3.8) is 0 Å². The van der Waals surface area contributed by atoms with Crippen molar-refractivity contribution in [2.45, 2.75) is 0 Å². The number of aromatic nitrogens is 1. The van der Waals surface area contributed by atoms with E-state index in [1.165, 1.54) is 12.1 Å². The number of nitrogens with zero attached hydrogens (tertiary/aromatic N) is 1. The number of hydrazine groups is 1. The number of anilines is 1. The van der Waals surface area contributed by atoms with Crippen molar-refractivity contribution in [2.24, 2.45) is 11.6 Å². The highest BCUT2D eigenvalue weighted by molar-refractivity contribution is 6.29. The highest BCUT2D eigenvalue weighted by Gasteiger charge is 2.08. The van der Waals surface area contributed by atoms with Gasteiger partial charge in [0.2, 0.25) is 0 Å². The summed E-state index contributed by atoms with van der Waals surface area (Å²) in [6.45, 7) is 0.481. The van der Waals surface area contributed by atoms with Crippen LogP contribution in [0, 0.1) is 0 Å². The molecule has 98 valence electrons. The molecule has 0 aromatic carbocycles. The summed E-state index contributed by atoms with van der Waals surface area (Å²) in [7, 11) is 0. The van der Waals surface area contributed by atoms with E-state index in [0.717, 1.165) is 0 Å². The van der Waals surface area contributed by atoms with Gasteiger partial charge in [-0.3, -0.25) is 4.79 Å². The van der Waals surface area contributed by atoms with Crippen molar-refractivity contribution in [1.29, 1.82) is 0 Å². The number of hydrogen-bond acceptors (Lipinski definition) is 5. The molecule has 0 spiro atoms. The van der Waals surface area contributed by atoms with Crippen LogP contribution in [0.1, 0.15) is 10.4 Å². The van der Waals surface area contributed by atoms with Gasteiger partial charge in [0.25, 0.3) is 5.91 Å². The third kappa shape index (κ3) is 4.44. The van der Waals surface area contributed by atoms with Gasteiger partial charge in [0.1, 0.15) is 11.0 Å². The second-order valence-corrected chi connectivity index (χ2v) is 3.64. The van der Waals surface area contributed by atoms with Gasteiger partial charge in [0, 0.05) is 18.7 Å². The van der Waals surface area contributed by atoms with Crippen molar-refractivity contribution in [2.75, 3.05) is 18.5 Å². The molecule has 9 heteroatoms. The lowest BCUT2D eigenvalue weighted by atomic mass is 10.2. The molecular weight excluding hydrogens is 260 g/mol. The Morgan fingerprint density at radius 2 is 1.94 bits per heavy atom. The third-order valence-electron chi connectivity index (χ3n) is 1.91. The Morgan fingerprint density at radius 3 is 2.56 bits per heavy atom. The van der Waals surface area contributed by atoms with Crippen LogP contribution in [0.2, 0.25) is 5.15 Å². The van der Waals surface area contributed by atoms with E-state index in [2.05, 4.69) is 21.0 Å². The molecule has 0 aliphatic carbocycles. The van der Waals surface area contributed by atoms with Gasteiger partial charge in [0.05, 0.1) is 0 Å². The molecule has 1 aromatic rings. The zero-order valence-electron chi connectivity index (χ0n) is 9.37. The van der Waals surface area contributed by atoms with Gasteiger partial charge in [0.15, 0.2) is 0 Å². The molecule has 18 heavy (non-hydrogen) atoms. The number of amides is 3. The van der Waals surface area contributed by atoms with Gasteiger partial charge >= 0.3 is 6.03 Å². The molecule has 0 unspecified atom stereocenters. The standard InChI is InChI=1S/C9H13ClN6O2/c10-6-3-5(4-7(15-6)16-12)8(17)13-1-2-14-9(11)18/h3-4H,1-2,12H2,(H,13,17)(H,15,16)(H3,11,14,18). The topological polar surface area (TPSA) is 135 Å². The fraction of sp³-hybridized carbons (Fsp3) is 0.222. The molecule has 1 rings (SSSR count). The second-order valence-electron chi connectivity index (χ2n) is 3.26. The predicted octanol–water partition coefficient (Wildman–Crippen LogP) is -0.581. The summed E-state index contributed by atoms with van der Waals surface area (Å²) in [6, 6.07) is 2.20. The summed E-state index contributed by atoms with van der Waals surface area (Å²) in [5.41, 5.74) is 7.47. The van der Waals surface area contributed by atoms with E-state index in [4.69, 9.17) is 23.2 Å². The van der Waals surface area contributed by atoms with Crippen LogP contribution >= 0.6 is 11.6 Å². The smallest absolute Gasteiger partial charge is 0.312 e. The zero-order valence-corrected chi connectivity index (χ0v) is 10.1. The van der Waals surface area contributed by atoms with E-state index in [9.17, 15) is 9.59 Å². The summed E-state index contributed by atoms with van der Waals surface area (Å²) in [5, 5.41) is 5.05. The Bertz CT molecular complexity index is 453. The summed E-state index contributed by atoms with van der Waals surface area (Å²) >= 11 is 5.72. The fourth-order valence-corrected chi connectivity index (χ4v) is 1.37. The van der Waals surface area contributed by atoms with Crippen molar-refractivity contribution in [1.82, 2.24) is 15.6 Å². The Kier molecular flexibility index (Phi) is 5.15. The van der Waals surface area contributed by atoms with E-state index in [1.54, 1.807) is 0 Å². The quantitative estimate of drug-likeness (QED) is 0.211. The lowest BCUT2D eigenvalue weighted by Gasteiger charge is -2.07. The molecule has 7 N–H and O–H groups in total. The Morgan fingerprint density at radius 1 is 1.28 bits per heavy atom. The van der Waals surface area contributed by atoms with Gasteiger partial charge in [-0.2, -0.15) is 0 Å². The number of nitrogens with one attached hydrogen (secondary N) is 3. The highest BCUT2D eigenvalue weighted by atomic mass is 35.5. The summed E-state index contributed by atoms with van der Waals surface area (Å²) in [5.74, 6) is 5.10. The first-order valence-corrected chi connectivity index (χ1v) is 5.36. The average Bonchev–Trinajstić information content (AvgIpc) is 2.33. The van der Waals surface area contributed by atoms with Crippen molar-refractivity contribution in [3.05, 3.63) is 22.8 Å². The third-order valence-corrected chi connectivity index (χ3v) is 2.11. The molecule has 3 amide bonds. The normalized spacial score (nSPS) is 9.67. The SMILES string of the molecule is NNc1cc(C(=O)NCCNC(N)=O)cc(Cl)n1. The van der Waals surface area contributed by atoms with Gasteiger partial charge in [-0.1, -0.05) is 11.6 Å². The van der Waals surface area contributed by atoms with Gasteiger partial charge < -0.3 is 21.8 Å². The van der Waals surface area contributed by atoms with Gasteiger partial charge in [-0.15, -0.1) is 0 Å². The van der Waals surface area contributed by atoms with Crippen molar-refractivity contribution >= 4 is 29.4 Å². The lowest BCUT2D eigenvalue weighted by molar-refractivity contribution is 0.0954. The van der Waals surface area contributed by atoms with Crippen molar-refractivity contribution < 1.29 is 9.59 Å². The molecule has 0 radical (unpaired) electrons. The largest absolute Gasteiger partial charge is 0.352 e. The Hall–Kier alpha value is -2.06. The van der Waals surface area contributed by atoms with E-state index in [0.29, 0.717) is 5.56 Å². The molecule has 0 fully saturated rings. The van der Waals surface area contributed by atoms with E-state index in [1.807, 2.05) is 0 Å². The van der Waals surface area contributed by atoms with Crippen LogP contribution in [-0.4, -0.2) is 30.0 Å². The molecule has 0 saturated heterocycles. The van der Waals surface area contributed by atoms with Crippen LogP contribution in [0.25, 0.3) is 0 Å². The molecule has 0 atom stereocenters. The molecule has 1 heterocycles. The highest BCUT2D eigenvalue weighted by Crippen LogP contribution is 2.13. The van der Waals surface area contributed by atoms with E-state index >= 15 is 0 Å². The number of rotatable bonds is 5. The van der Waals surface area contributed by atoms with E-state index in [-0.39, 0.29) is 30.0 Å². The number of primary amides is 1. The van der Waals surface area contributed by atoms with Crippen LogP contribution in [0.15, 0.2) is 12.1 Å². The van der Waals surface area contributed by atoms with Crippen molar-refractivity contribution in [3.8, 4) is 0 Å². The number of carbonyl (C=O) groups is 2. The number of carbonyl (C=O) groups excluding carboxylic acids is 2. The second kappa shape index (κ2) is 6.62. The molecule has 8 nitrogen and oxygen atoms in total. The summed E-state index contributed by atoms with van der Waals surface area (Å²) < 4.78 is 0. The lowest BCUT2D eigenvalue weighted by Crippen LogP contribution is -2.37. The monoisotopic (exact) mass is 272 g/mol. The average molecular weight is 273 g/mol. The molecule has 1 aromatic heterocycles. The van der Waals surface area contributed by atoms with Crippen LogP contribution in [-0.2, 0) is 0 Å². The number of nitrogen functional groups attached to an aromatic ring is 1. The predicted molar refractivity (Wildman–Crippen MR) is 67.0 cm³/mol. The number of pyridine rings is 1. The van der Waals surface area contributed by atoms with Crippen LogP contribution in [0.5, 0.6) is 0 Å². The molecule has 0 bridgehead atoms. The number of halogens is 1. The first-order chi connectivity index (χ1) is 8.52. The Balaban J connectivity index is 2.55. The maximum absolute atomic E-state index is 11.7. The molecule has 0 aliphatic rings. The van der Waals surface area contributed by atoms with Crippen LogP contribution in [0.4, 0.5) is 10.6 Å². The van der Waals surface area contributed by atoms with Crippen LogP contribution < -0.4 is 27.6 Å². The molecule has 0 aliphatic heterocycles. The summed E-state index contributed by atoms with van der Waals surface area (Å²) in [6.07, 6.45) is 0. The Labute approximate surface area is 108 Å². The maximum atomic E-state index is 11.7. The summed E-state index contributed by atoms with van der Waals surface area (Å²) in [4.78, 5) is 25.9. The number of urea groups is 1. The number of nitrogens with two attached hydrogens (primary N) is 2. The number of hydrogen-bond donors (Lipinski definition) is 5. The van der Waals surface area contributed by atoms with Gasteiger partial charge in [-0.05, 0) is 12.1 Å². The van der Waals surface area contributed by atoms with Gasteiger partial charge in [-0.25, -0.2) is 15.6 Å². The van der Waals surface area contributed by atoms with Crippen LogP contribution in [0.3, 0.4) is 0 Å². The fourth-order valence-electron chi connectivity index (χ4n) is 1.17. The minimum atomic E-state index is -0.647. The molecular formula is C9H13ClN6O2. The first-order valence-electron chi connectivity index (χ1n) is 4.98. The minimum absolute atomic E-state index is 0.144. The molecule has 0 saturated carbocycles. The minimum Gasteiger partial charge on any atom is -0.352 e. The van der Waals surface area contributed by atoms with E-state index < -0.39 is 6.03 Å².